The molecule has 162 valence electrons. The first kappa shape index (κ1) is 22.8. The standard InChI is InChI=1S/C21H34FN5O2/c1-7-23-19(24-13-15-8-9-18(26(5)6)17(22)12-15)27-11-10-16(14-27)25-20(28)29-21(2,3)4/h8-9,12,16H,7,10-11,13-14H2,1-6H3,(H,23,24)(H,25,28). The number of likely N-dealkylation sites (tertiary alicyclic amines) is 1. The van der Waals surface area contributed by atoms with E-state index in [0.717, 1.165) is 31.0 Å². The fourth-order valence-corrected chi connectivity index (χ4v) is 3.15. The number of hydrogen-bond donors (Lipinski definition) is 2. The molecule has 1 atom stereocenters. The van der Waals surface area contributed by atoms with E-state index in [9.17, 15) is 9.18 Å². The Morgan fingerprint density at radius 1 is 1.38 bits per heavy atom. The lowest BCUT2D eigenvalue weighted by Gasteiger charge is -2.23. The van der Waals surface area contributed by atoms with Crippen LogP contribution in [0.25, 0.3) is 0 Å². The lowest BCUT2D eigenvalue weighted by Crippen LogP contribution is -2.44. The maximum Gasteiger partial charge on any atom is 0.407 e. The van der Waals surface area contributed by atoms with Crippen LogP contribution in [0.4, 0.5) is 14.9 Å². The highest BCUT2D eigenvalue weighted by atomic mass is 19.1. The summed E-state index contributed by atoms with van der Waals surface area (Å²) in [5, 5.41) is 6.20. The molecule has 2 rings (SSSR count). The van der Waals surface area contributed by atoms with Crippen molar-refractivity contribution in [3.05, 3.63) is 29.6 Å². The number of aliphatic imine (C=N–C) groups is 1. The Hall–Kier alpha value is -2.51. The van der Waals surface area contributed by atoms with Crippen LogP contribution in [-0.4, -0.2) is 62.3 Å². The molecule has 1 aromatic rings. The number of halogens is 1. The number of benzene rings is 1. The lowest BCUT2D eigenvalue weighted by atomic mass is 10.2. The lowest BCUT2D eigenvalue weighted by molar-refractivity contribution is 0.0507. The minimum Gasteiger partial charge on any atom is -0.444 e. The molecule has 7 nitrogen and oxygen atoms in total. The van der Waals surface area contributed by atoms with Gasteiger partial charge in [0.2, 0.25) is 0 Å². The van der Waals surface area contributed by atoms with Crippen molar-refractivity contribution < 1.29 is 13.9 Å². The van der Waals surface area contributed by atoms with Crippen LogP contribution in [0.3, 0.4) is 0 Å². The smallest absolute Gasteiger partial charge is 0.407 e. The second-order valence-corrected chi connectivity index (χ2v) is 8.43. The minimum absolute atomic E-state index is 0.00512. The van der Waals surface area contributed by atoms with Gasteiger partial charge in [-0.3, -0.25) is 0 Å². The van der Waals surface area contributed by atoms with Gasteiger partial charge in [-0.1, -0.05) is 6.07 Å². The first-order valence-electron chi connectivity index (χ1n) is 10.1. The van der Waals surface area contributed by atoms with Gasteiger partial charge in [-0.15, -0.1) is 0 Å². The molecule has 0 radical (unpaired) electrons. The molecule has 1 aliphatic rings. The molecular weight excluding hydrogens is 373 g/mol. The number of alkyl carbamates (subject to hydrolysis) is 1. The molecule has 0 bridgehead atoms. The van der Waals surface area contributed by atoms with Gasteiger partial charge in [0.25, 0.3) is 0 Å². The summed E-state index contributed by atoms with van der Waals surface area (Å²) in [6.45, 7) is 10.1. The van der Waals surface area contributed by atoms with Crippen molar-refractivity contribution in [1.82, 2.24) is 15.5 Å². The van der Waals surface area contributed by atoms with Crippen LogP contribution >= 0.6 is 0 Å². The number of carbonyl (C=O) groups excluding carboxylic acids is 1. The molecule has 29 heavy (non-hydrogen) atoms. The van der Waals surface area contributed by atoms with Crippen LogP contribution < -0.4 is 15.5 Å². The van der Waals surface area contributed by atoms with Crippen molar-refractivity contribution in [1.29, 1.82) is 0 Å². The van der Waals surface area contributed by atoms with Crippen LogP contribution in [0.15, 0.2) is 23.2 Å². The average molecular weight is 408 g/mol. The summed E-state index contributed by atoms with van der Waals surface area (Å²) >= 11 is 0. The summed E-state index contributed by atoms with van der Waals surface area (Å²) in [5.74, 6) is 0.508. The van der Waals surface area contributed by atoms with Gasteiger partial charge in [0, 0.05) is 33.7 Å². The Labute approximate surface area is 173 Å². The Balaban J connectivity index is 1.99. The van der Waals surface area contributed by atoms with Gasteiger partial charge in [-0.25, -0.2) is 14.2 Å². The molecule has 0 spiro atoms. The first-order valence-corrected chi connectivity index (χ1v) is 10.1. The molecule has 0 aliphatic carbocycles. The summed E-state index contributed by atoms with van der Waals surface area (Å²) in [4.78, 5) is 20.5. The van der Waals surface area contributed by atoms with E-state index in [2.05, 4.69) is 20.5 Å². The SMILES string of the molecule is CCNC(=NCc1ccc(N(C)C)c(F)c1)N1CCC(NC(=O)OC(C)(C)C)C1. The van der Waals surface area contributed by atoms with Crippen LogP contribution in [0.2, 0.25) is 0 Å². The number of rotatable bonds is 5. The van der Waals surface area contributed by atoms with E-state index < -0.39 is 11.7 Å². The van der Waals surface area contributed by atoms with E-state index in [4.69, 9.17) is 4.74 Å². The van der Waals surface area contributed by atoms with Gasteiger partial charge in [0.1, 0.15) is 11.4 Å². The molecule has 1 aliphatic heterocycles. The fourth-order valence-electron chi connectivity index (χ4n) is 3.15. The predicted octanol–water partition coefficient (Wildman–Crippen LogP) is 2.96. The van der Waals surface area contributed by atoms with Crippen molar-refractivity contribution in [3.63, 3.8) is 0 Å². The second kappa shape index (κ2) is 9.80. The largest absolute Gasteiger partial charge is 0.444 e. The van der Waals surface area contributed by atoms with E-state index >= 15 is 0 Å². The summed E-state index contributed by atoms with van der Waals surface area (Å²) < 4.78 is 19.5. The van der Waals surface area contributed by atoms with E-state index in [0.29, 0.717) is 18.8 Å². The minimum atomic E-state index is -0.518. The zero-order valence-electron chi connectivity index (χ0n) is 18.4. The van der Waals surface area contributed by atoms with Crippen molar-refractivity contribution in [2.24, 2.45) is 4.99 Å². The van der Waals surface area contributed by atoms with Crippen molar-refractivity contribution in [3.8, 4) is 0 Å². The number of hydrogen-bond acceptors (Lipinski definition) is 4. The Morgan fingerprint density at radius 3 is 2.69 bits per heavy atom. The molecule has 1 aromatic carbocycles. The molecule has 8 heteroatoms. The van der Waals surface area contributed by atoms with Crippen LogP contribution in [0.5, 0.6) is 0 Å². The molecule has 1 fully saturated rings. The average Bonchev–Trinajstić information content (AvgIpc) is 3.04. The molecule has 0 aromatic heterocycles. The van der Waals surface area contributed by atoms with Gasteiger partial charge in [0.05, 0.1) is 18.3 Å². The fraction of sp³-hybridized carbons (Fsp3) is 0.619. The van der Waals surface area contributed by atoms with Gasteiger partial charge in [-0.2, -0.15) is 0 Å². The molecule has 1 saturated heterocycles. The third-order valence-corrected chi connectivity index (χ3v) is 4.45. The normalized spacial score (nSPS) is 17.3. The number of nitrogens with zero attached hydrogens (tertiary/aromatic N) is 3. The summed E-state index contributed by atoms with van der Waals surface area (Å²) in [6.07, 6.45) is 0.415. The van der Waals surface area contributed by atoms with E-state index in [1.807, 2.05) is 47.9 Å². The van der Waals surface area contributed by atoms with Gasteiger partial charge >= 0.3 is 6.09 Å². The Morgan fingerprint density at radius 2 is 2.10 bits per heavy atom. The topological polar surface area (TPSA) is 69.2 Å². The van der Waals surface area contributed by atoms with Gasteiger partial charge in [0.15, 0.2) is 5.96 Å². The molecule has 1 heterocycles. The van der Waals surface area contributed by atoms with Crippen LogP contribution in [0, 0.1) is 5.82 Å². The highest BCUT2D eigenvalue weighted by Crippen LogP contribution is 2.19. The second-order valence-electron chi connectivity index (χ2n) is 8.43. The third-order valence-electron chi connectivity index (χ3n) is 4.45. The molecule has 0 saturated carbocycles. The predicted molar refractivity (Wildman–Crippen MR) is 115 cm³/mol. The van der Waals surface area contributed by atoms with Gasteiger partial charge < -0.3 is 25.2 Å². The summed E-state index contributed by atoms with van der Waals surface area (Å²) in [5.41, 5.74) is 0.849. The zero-order valence-corrected chi connectivity index (χ0v) is 18.4. The Kier molecular flexibility index (Phi) is 7.70. The Bertz CT molecular complexity index is 730. The molecule has 1 amide bonds. The maximum absolute atomic E-state index is 14.2. The number of nitrogens with one attached hydrogen (secondary N) is 2. The molecule has 2 N–H and O–H groups in total. The zero-order chi connectivity index (χ0) is 21.6. The van der Waals surface area contributed by atoms with Crippen molar-refractivity contribution >= 4 is 17.7 Å². The summed E-state index contributed by atoms with van der Waals surface area (Å²) in [7, 11) is 3.63. The van der Waals surface area contributed by atoms with Crippen LogP contribution in [0.1, 0.15) is 39.7 Å². The highest BCUT2D eigenvalue weighted by molar-refractivity contribution is 5.80. The molecule has 1 unspecified atom stereocenters. The molecular formula is C21H34FN5O2. The van der Waals surface area contributed by atoms with Gasteiger partial charge in [-0.05, 0) is 51.8 Å². The maximum atomic E-state index is 14.2. The number of amides is 1. The van der Waals surface area contributed by atoms with Crippen LogP contribution in [-0.2, 0) is 11.3 Å². The van der Waals surface area contributed by atoms with E-state index in [1.165, 1.54) is 6.07 Å². The highest BCUT2D eigenvalue weighted by Gasteiger charge is 2.27. The van der Waals surface area contributed by atoms with Crippen molar-refractivity contribution in [2.45, 2.75) is 52.3 Å². The number of carbonyl (C=O) groups is 1. The van der Waals surface area contributed by atoms with Crippen molar-refractivity contribution in [2.75, 3.05) is 38.6 Å². The van der Waals surface area contributed by atoms with E-state index in [-0.39, 0.29) is 11.9 Å². The monoisotopic (exact) mass is 407 g/mol. The number of anilines is 1. The quantitative estimate of drug-likeness (QED) is 0.580. The number of ether oxygens (including phenoxy) is 1. The number of guanidine groups is 1. The van der Waals surface area contributed by atoms with E-state index in [1.54, 1.807) is 11.0 Å². The first-order chi connectivity index (χ1) is 13.6. The summed E-state index contributed by atoms with van der Waals surface area (Å²) in [6, 6.07) is 5.19. The third kappa shape index (κ3) is 7.11.